The molecule has 4 rings (SSSR count). The number of ether oxygens (including phenoxy) is 1. The van der Waals surface area contributed by atoms with Crippen molar-refractivity contribution in [3.63, 3.8) is 0 Å². The molecule has 9 heteroatoms. The molecule has 3 aromatic rings. The number of nitrogens with zero attached hydrogens (tertiary/aromatic N) is 6. The molecule has 1 aliphatic heterocycles. The molecule has 1 atom stereocenters. The average Bonchev–Trinajstić information content (AvgIpc) is 3.21. The second-order valence-electron chi connectivity index (χ2n) is 6.14. The Balaban J connectivity index is 1.58. The lowest BCUT2D eigenvalue weighted by Gasteiger charge is -2.33. The van der Waals surface area contributed by atoms with Gasteiger partial charge in [0.25, 0.3) is 5.71 Å². The van der Waals surface area contributed by atoms with Gasteiger partial charge in [0, 0.05) is 25.9 Å². The summed E-state index contributed by atoms with van der Waals surface area (Å²) in [6.07, 6.45) is 1.31. The van der Waals surface area contributed by atoms with Gasteiger partial charge >= 0.3 is 0 Å². The Bertz CT molecular complexity index is 889. The standard InChI is InChI=1S/C16H20N6O3/c1-4-13-19-12(21-24-13)7-11-8-22(5-6-23-11)15-14-9(2)20-25-16(14)18-10(3)17-15/h11H,4-8H2,1-3H3/t11-/m0/s1. The van der Waals surface area contributed by atoms with E-state index in [4.69, 9.17) is 13.8 Å². The van der Waals surface area contributed by atoms with E-state index in [9.17, 15) is 0 Å². The van der Waals surface area contributed by atoms with Crippen molar-refractivity contribution in [1.29, 1.82) is 0 Å². The van der Waals surface area contributed by atoms with Crippen LogP contribution in [0.25, 0.3) is 11.1 Å². The van der Waals surface area contributed by atoms with Crippen LogP contribution in [-0.2, 0) is 17.6 Å². The molecular formula is C16H20N6O3. The van der Waals surface area contributed by atoms with E-state index in [0.29, 0.717) is 42.8 Å². The van der Waals surface area contributed by atoms with Gasteiger partial charge in [-0.2, -0.15) is 9.97 Å². The molecule has 4 heterocycles. The highest BCUT2D eigenvalue weighted by atomic mass is 16.5. The van der Waals surface area contributed by atoms with Gasteiger partial charge in [-0.3, -0.25) is 0 Å². The molecule has 1 saturated heterocycles. The van der Waals surface area contributed by atoms with E-state index in [1.807, 2.05) is 20.8 Å². The van der Waals surface area contributed by atoms with E-state index < -0.39 is 0 Å². The number of aromatic nitrogens is 5. The van der Waals surface area contributed by atoms with E-state index in [1.54, 1.807) is 0 Å². The molecule has 9 nitrogen and oxygen atoms in total. The molecule has 0 radical (unpaired) electrons. The van der Waals surface area contributed by atoms with Crippen LogP contribution in [0.4, 0.5) is 5.82 Å². The van der Waals surface area contributed by atoms with Crippen LogP contribution < -0.4 is 4.90 Å². The summed E-state index contributed by atoms with van der Waals surface area (Å²) in [7, 11) is 0. The zero-order valence-electron chi connectivity index (χ0n) is 14.5. The summed E-state index contributed by atoms with van der Waals surface area (Å²) >= 11 is 0. The minimum Gasteiger partial charge on any atom is -0.374 e. The maximum Gasteiger partial charge on any atom is 0.263 e. The first kappa shape index (κ1) is 15.9. The summed E-state index contributed by atoms with van der Waals surface area (Å²) in [4.78, 5) is 15.5. The first-order chi connectivity index (χ1) is 12.1. The molecule has 1 fully saturated rings. The molecule has 0 aliphatic carbocycles. The SMILES string of the molecule is CCc1nc(C[C@H]2CN(c3nc(C)nc4onc(C)c34)CCO2)no1. The minimum atomic E-state index is -0.0263. The molecular weight excluding hydrogens is 324 g/mol. The van der Waals surface area contributed by atoms with Crippen LogP contribution in [-0.4, -0.2) is 51.1 Å². The lowest BCUT2D eigenvalue weighted by atomic mass is 10.2. The highest BCUT2D eigenvalue weighted by molar-refractivity contribution is 5.88. The van der Waals surface area contributed by atoms with Crippen LogP contribution in [0.5, 0.6) is 0 Å². The Morgan fingerprint density at radius 2 is 2.00 bits per heavy atom. The summed E-state index contributed by atoms with van der Waals surface area (Å²) in [6.45, 7) is 7.78. The van der Waals surface area contributed by atoms with Gasteiger partial charge in [-0.25, -0.2) is 4.98 Å². The van der Waals surface area contributed by atoms with Crippen LogP contribution in [0.2, 0.25) is 0 Å². The summed E-state index contributed by atoms with van der Waals surface area (Å²) in [5.74, 6) is 2.83. The Hall–Kier alpha value is -2.55. The third-order valence-corrected chi connectivity index (χ3v) is 4.26. The summed E-state index contributed by atoms with van der Waals surface area (Å²) in [5, 5.41) is 8.90. The molecule has 0 aromatic carbocycles. The number of fused-ring (bicyclic) bond motifs is 1. The first-order valence-electron chi connectivity index (χ1n) is 8.42. The van der Waals surface area contributed by atoms with Gasteiger partial charge in [0.15, 0.2) is 5.82 Å². The number of aryl methyl sites for hydroxylation is 3. The maximum absolute atomic E-state index is 5.88. The molecule has 25 heavy (non-hydrogen) atoms. The van der Waals surface area contributed by atoms with Crippen LogP contribution in [0.3, 0.4) is 0 Å². The van der Waals surface area contributed by atoms with Crippen LogP contribution in [0, 0.1) is 13.8 Å². The van der Waals surface area contributed by atoms with Crippen molar-refractivity contribution in [3.05, 3.63) is 23.2 Å². The third kappa shape index (κ3) is 3.07. The van der Waals surface area contributed by atoms with Crippen LogP contribution in [0.15, 0.2) is 9.05 Å². The number of morpholine rings is 1. The zero-order valence-corrected chi connectivity index (χ0v) is 14.5. The van der Waals surface area contributed by atoms with Crippen molar-refractivity contribution in [2.75, 3.05) is 24.6 Å². The second-order valence-corrected chi connectivity index (χ2v) is 6.14. The van der Waals surface area contributed by atoms with Gasteiger partial charge in [-0.05, 0) is 13.8 Å². The van der Waals surface area contributed by atoms with Crippen molar-refractivity contribution in [1.82, 2.24) is 25.3 Å². The molecule has 0 unspecified atom stereocenters. The summed E-state index contributed by atoms with van der Waals surface area (Å²) < 4.78 is 16.4. The van der Waals surface area contributed by atoms with E-state index in [1.165, 1.54) is 0 Å². The second kappa shape index (κ2) is 6.40. The third-order valence-electron chi connectivity index (χ3n) is 4.26. The van der Waals surface area contributed by atoms with Gasteiger partial charge in [0.05, 0.1) is 18.4 Å². The Kier molecular flexibility index (Phi) is 4.08. The van der Waals surface area contributed by atoms with E-state index in [0.717, 1.165) is 29.9 Å². The minimum absolute atomic E-state index is 0.0263. The Morgan fingerprint density at radius 1 is 1.12 bits per heavy atom. The summed E-state index contributed by atoms with van der Waals surface area (Å²) in [6, 6.07) is 0. The van der Waals surface area contributed by atoms with Crippen molar-refractivity contribution < 1.29 is 13.8 Å². The number of rotatable bonds is 4. The molecule has 0 spiro atoms. The largest absolute Gasteiger partial charge is 0.374 e. The first-order valence-corrected chi connectivity index (χ1v) is 8.42. The van der Waals surface area contributed by atoms with Crippen molar-refractivity contribution in [3.8, 4) is 0 Å². The van der Waals surface area contributed by atoms with Crippen molar-refractivity contribution in [2.24, 2.45) is 0 Å². The van der Waals surface area contributed by atoms with Crippen molar-refractivity contribution >= 4 is 16.9 Å². The van der Waals surface area contributed by atoms with Gasteiger partial charge in [-0.1, -0.05) is 17.2 Å². The Morgan fingerprint density at radius 3 is 2.80 bits per heavy atom. The normalized spacial score (nSPS) is 18.2. The monoisotopic (exact) mass is 344 g/mol. The fourth-order valence-electron chi connectivity index (χ4n) is 3.06. The van der Waals surface area contributed by atoms with E-state index in [2.05, 4.69) is 30.2 Å². The average molecular weight is 344 g/mol. The van der Waals surface area contributed by atoms with Gasteiger partial charge in [-0.15, -0.1) is 0 Å². The topological polar surface area (TPSA) is 103 Å². The number of anilines is 1. The molecule has 0 bridgehead atoms. The number of hydrogen-bond acceptors (Lipinski definition) is 9. The zero-order chi connectivity index (χ0) is 17.4. The fraction of sp³-hybridized carbons (Fsp3) is 0.562. The molecule has 0 amide bonds. The van der Waals surface area contributed by atoms with Crippen molar-refractivity contribution in [2.45, 2.75) is 39.7 Å². The smallest absolute Gasteiger partial charge is 0.263 e. The molecule has 0 saturated carbocycles. The van der Waals surface area contributed by atoms with Gasteiger partial charge in [0.1, 0.15) is 17.0 Å². The maximum atomic E-state index is 5.88. The highest BCUT2D eigenvalue weighted by Crippen LogP contribution is 2.28. The molecule has 1 aliphatic rings. The van der Waals surface area contributed by atoms with Gasteiger partial charge < -0.3 is 18.7 Å². The number of hydrogen-bond donors (Lipinski definition) is 0. The lowest BCUT2D eigenvalue weighted by molar-refractivity contribution is 0.0393. The predicted molar refractivity (Wildman–Crippen MR) is 88.4 cm³/mol. The Labute approximate surface area is 144 Å². The van der Waals surface area contributed by atoms with Crippen LogP contribution in [0.1, 0.15) is 30.2 Å². The van der Waals surface area contributed by atoms with E-state index >= 15 is 0 Å². The van der Waals surface area contributed by atoms with Crippen LogP contribution >= 0.6 is 0 Å². The molecule has 132 valence electrons. The lowest BCUT2D eigenvalue weighted by Crippen LogP contribution is -2.44. The highest BCUT2D eigenvalue weighted by Gasteiger charge is 2.26. The van der Waals surface area contributed by atoms with E-state index in [-0.39, 0.29) is 6.10 Å². The summed E-state index contributed by atoms with van der Waals surface area (Å²) in [5.41, 5.74) is 1.31. The predicted octanol–water partition coefficient (Wildman–Crippen LogP) is 1.63. The molecule has 0 N–H and O–H groups in total. The fourth-order valence-corrected chi connectivity index (χ4v) is 3.06. The quantitative estimate of drug-likeness (QED) is 0.698. The molecule has 3 aromatic heterocycles. The van der Waals surface area contributed by atoms with Gasteiger partial charge in [0.2, 0.25) is 5.89 Å².